The van der Waals surface area contributed by atoms with Crippen LogP contribution in [0.1, 0.15) is 11.4 Å². The number of halogens is 3. The van der Waals surface area contributed by atoms with E-state index in [-0.39, 0.29) is 23.6 Å². The number of aromatic nitrogens is 1. The van der Waals surface area contributed by atoms with Crippen LogP contribution in [0.25, 0.3) is 0 Å². The molecule has 8 nitrogen and oxygen atoms in total. The number of carbonyl (C=O) groups is 1. The standard InChI is InChI=1S/C12H12F3N5O3/c1-7-9(20(22)23)4-3-8(16-7)5-19-10(6-21)18(2)11(17-19)12(13,14)15/h3-4,6,10H,5H2,1-2H3. The summed E-state index contributed by atoms with van der Waals surface area (Å²) >= 11 is 0. The minimum absolute atomic E-state index is 0.128. The van der Waals surface area contributed by atoms with Gasteiger partial charge in [0, 0.05) is 13.1 Å². The largest absolute Gasteiger partial charge is 0.451 e. The van der Waals surface area contributed by atoms with Crippen LogP contribution in [0.4, 0.5) is 18.9 Å². The average molecular weight is 331 g/mol. The maximum Gasteiger partial charge on any atom is 0.451 e. The van der Waals surface area contributed by atoms with Gasteiger partial charge < -0.3 is 4.90 Å². The second-order valence-electron chi connectivity index (χ2n) is 4.84. The van der Waals surface area contributed by atoms with Crippen LogP contribution in [0, 0.1) is 17.0 Å². The molecule has 0 spiro atoms. The van der Waals surface area contributed by atoms with E-state index in [9.17, 15) is 28.1 Å². The predicted molar refractivity (Wildman–Crippen MR) is 72.3 cm³/mol. The topological polar surface area (TPSA) is 91.9 Å². The highest BCUT2D eigenvalue weighted by Gasteiger charge is 2.46. The molecule has 1 atom stereocenters. The molecular formula is C12H12F3N5O3. The Labute approximate surface area is 128 Å². The minimum atomic E-state index is -4.69. The third-order valence-corrected chi connectivity index (χ3v) is 3.27. The Bertz CT molecular complexity index is 676. The molecule has 0 fully saturated rings. The smallest absolute Gasteiger partial charge is 0.326 e. The van der Waals surface area contributed by atoms with Gasteiger partial charge in [-0.15, -0.1) is 0 Å². The third-order valence-electron chi connectivity index (χ3n) is 3.27. The third kappa shape index (κ3) is 3.22. The summed E-state index contributed by atoms with van der Waals surface area (Å²) in [5, 5.41) is 15.1. The number of rotatable bonds is 4. The van der Waals surface area contributed by atoms with Gasteiger partial charge in [-0.2, -0.15) is 18.3 Å². The maximum atomic E-state index is 12.8. The zero-order valence-corrected chi connectivity index (χ0v) is 12.1. The zero-order chi connectivity index (χ0) is 17.4. The van der Waals surface area contributed by atoms with Crippen molar-refractivity contribution in [2.24, 2.45) is 5.10 Å². The minimum Gasteiger partial charge on any atom is -0.326 e. The number of aryl methyl sites for hydroxylation is 1. The van der Waals surface area contributed by atoms with Crippen molar-refractivity contribution in [2.45, 2.75) is 25.8 Å². The van der Waals surface area contributed by atoms with E-state index in [1.54, 1.807) is 0 Å². The van der Waals surface area contributed by atoms with E-state index < -0.39 is 23.1 Å². The number of pyridine rings is 1. The Morgan fingerprint density at radius 3 is 2.57 bits per heavy atom. The summed E-state index contributed by atoms with van der Waals surface area (Å²) in [7, 11) is 1.11. The summed E-state index contributed by atoms with van der Waals surface area (Å²) in [5.74, 6) is -1.19. The summed E-state index contributed by atoms with van der Waals surface area (Å²) in [6.45, 7) is 1.23. The summed E-state index contributed by atoms with van der Waals surface area (Å²) in [6.07, 6.45) is -5.58. The van der Waals surface area contributed by atoms with Crippen LogP contribution in [0.15, 0.2) is 17.2 Å². The van der Waals surface area contributed by atoms with Gasteiger partial charge in [0.2, 0.25) is 5.84 Å². The van der Waals surface area contributed by atoms with E-state index in [2.05, 4.69) is 10.1 Å². The van der Waals surface area contributed by atoms with Gasteiger partial charge in [-0.3, -0.25) is 19.9 Å². The Kier molecular flexibility index (Phi) is 4.21. The molecule has 1 aliphatic heterocycles. The number of likely N-dealkylation sites (N-methyl/N-ethyl adjacent to an activating group) is 1. The van der Waals surface area contributed by atoms with Gasteiger partial charge in [-0.25, -0.2) is 4.98 Å². The second kappa shape index (κ2) is 5.82. The first-order valence-electron chi connectivity index (χ1n) is 6.36. The Morgan fingerprint density at radius 2 is 2.09 bits per heavy atom. The van der Waals surface area contributed by atoms with Crippen LogP contribution in [0.2, 0.25) is 0 Å². The molecule has 0 N–H and O–H groups in total. The number of carbonyl (C=O) groups excluding carboxylic acids is 1. The highest BCUT2D eigenvalue weighted by Crippen LogP contribution is 2.27. The monoisotopic (exact) mass is 331 g/mol. The van der Waals surface area contributed by atoms with Gasteiger partial charge >= 0.3 is 6.18 Å². The molecule has 1 aromatic rings. The van der Waals surface area contributed by atoms with Crippen molar-refractivity contribution in [3.05, 3.63) is 33.6 Å². The molecule has 0 bridgehead atoms. The first-order valence-corrected chi connectivity index (χ1v) is 6.36. The lowest BCUT2D eigenvalue weighted by Crippen LogP contribution is -2.44. The van der Waals surface area contributed by atoms with Crippen LogP contribution >= 0.6 is 0 Å². The van der Waals surface area contributed by atoms with E-state index in [0.717, 1.165) is 12.1 Å². The van der Waals surface area contributed by atoms with Crippen molar-refractivity contribution in [3.63, 3.8) is 0 Å². The SMILES string of the molecule is Cc1nc(CN2N=C(C(F)(F)F)N(C)C2C=O)ccc1[N+](=O)[O-]. The van der Waals surface area contributed by atoms with Crippen molar-refractivity contribution in [3.8, 4) is 0 Å². The Balaban J connectivity index is 2.28. The van der Waals surface area contributed by atoms with Crippen molar-refractivity contribution >= 4 is 17.8 Å². The van der Waals surface area contributed by atoms with E-state index >= 15 is 0 Å². The molecule has 0 saturated heterocycles. The number of hydrazone groups is 1. The van der Waals surface area contributed by atoms with Gasteiger partial charge in [-0.05, 0) is 13.0 Å². The van der Waals surface area contributed by atoms with E-state index in [0.29, 0.717) is 11.2 Å². The van der Waals surface area contributed by atoms with Gasteiger partial charge in [0.1, 0.15) is 5.69 Å². The molecule has 0 aromatic carbocycles. The molecule has 23 heavy (non-hydrogen) atoms. The zero-order valence-electron chi connectivity index (χ0n) is 12.1. The van der Waals surface area contributed by atoms with Crippen molar-refractivity contribution in [2.75, 3.05) is 7.05 Å². The molecule has 1 aromatic heterocycles. The molecule has 2 rings (SSSR count). The lowest BCUT2D eigenvalue weighted by molar-refractivity contribution is -0.385. The molecule has 0 aliphatic carbocycles. The Hall–Kier alpha value is -2.72. The van der Waals surface area contributed by atoms with E-state index in [4.69, 9.17) is 0 Å². The molecule has 0 saturated carbocycles. The number of nitro groups is 1. The van der Waals surface area contributed by atoms with E-state index in [1.807, 2.05) is 0 Å². The fourth-order valence-electron chi connectivity index (χ4n) is 2.18. The highest BCUT2D eigenvalue weighted by atomic mass is 19.4. The molecular weight excluding hydrogens is 319 g/mol. The number of aldehydes is 1. The molecule has 11 heteroatoms. The van der Waals surface area contributed by atoms with Crippen LogP contribution in [0.5, 0.6) is 0 Å². The summed E-state index contributed by atoms with van der Waals surface area (Å²) in [5.41, 5.74) is 0.196. The lowest BCUT2D eigenvalue weighted by Gasteiger charge is -2.24. The summed E-state index contributed by atoms with van der Waals surface area (Å²) in [4.78, 5) is 25.9. The summed E-state index contributed by atoms with van der Waals surface area (Å²) in [6, 6.07) is 2.52. The molecule has 2 heterocycles. The van der Waals surface area contributed by atoms with Gasteiger partial charge in [0.25, 0.3) is 5.69 Å². The summed E-state index contributed by atoms with van der Waals surface area (Å²) < 4.78 is 38.5. The molecule has 0 amide bonds. The van der Waals surface area contributed by atoms with Crippen LogP contribution in [-0.2, 0) is 11.3 Å². The molecule has 124 valence electrons. The average Bonchev–Trinajstić information content (AvgIpc) is 2.74. The maximum absolute atomic E-state index is 12.8. The normalized spacial score (nSPS) is 18.1. The first kappa shape index (κ1) is 16.6. The quantitative estimate of drug-likeness (QED) is 0.471. The Morgan fingerprint density at radius 1 is 1.43 bits per heavy atom. The molecule has 1 aliphatic rings. The van der Waals surface area contributed by atoms with Crippen LogP contribution in [0.3, 0.4) is 0 Å². The van der Waals surface area contributed by atoms with E-state index in [1.165, 1.54) is 19.1 Å². The highest BCUT2D eigenvalue weighted by molar-refractivity contribution is 5.90. The molecule has 0 radical (unpaired) electrons. The number of hydrogen-bond donors (Lipinski definition) is 0. The number of nitrogens with zero attached hydrogens (tertiary/aromatic N) is 5. The van der Waals surface area contributed by atoms with Gasteiger partial charge in [0.05, 0.1) is 17.2 Å². The van der Waals surface area contributed by atoms with Gasteiger partial charge in [0.15, 0.2) is 12.5 Å². The van der Waals surface area contributed by atoms with Crippen LogP contribution in [-0.4, -0.2) is 51.3 Å². The fraction of sp³-hybridized carbons (Fsp3) is 0.417. The first-order chi connectivity index (χ1) is 10.6. The molecule has 1 unspecified atom stereocenters. The van der Waals surface area contributed by atoms with Crippen LogP contribution < -0.4 is 0 Å². The second-order valence-corrected chi connectivity index (χ2v) is 4.84. The number of hydrogen-bond acceptors (Lipinski definition) is 7. The number of amidine groups is 1. The van der Waals surface area contributed by atoms with Gasteiger partial charge in [-0.1, -0.05) is 0 Å². The van der Waals surface area contributed by atoms with Crippen molar-refractivity contribution < 1.29 is 22.9 Å². The lowest BCUT2D eigenvalue weighted by atomic mass is 10.2. The number of alkyl halides is 3. The fourth-order valence-corrected chi connectivity index (χ4v) is 2.18. The van der Waals surface area contributed by atoms with Crippen molar-refractivity contribution in [1.29, 1.82) is 0 Å². The predicted octanol–water partition coefficient (Wildman–Crippen LogP) is 1.45. The van der Waals surface area contributed by atoms with Crippen molar-refractivity contribution in [1.82, 2.24) is 14.9 Å².